The first-order valence-corrected chi connectivity index (χ1v) is 11.8. The van der Waals surface area contributed by atoms with E-state index in [0.29, 0.717) is 18.6 Å². The van der Waals surface area contributed by atoms with Crippen molar-refractivity contribution in [2.24, 2.45) is 11.7 Å². The number of nitrogens with zero attached hydrogens (tertiary/aromatic N) is 1. The van der Waals surface area contributed by atoms with Gasteiger partial charge in [-0.3, -0.25) is 14.8 Å². The Balaban J connectivity index is 0.00000441. The molecule has 5 N–H and O–H groups in total. The monoisotopic (exact) mass is 588 g/mol. The molecule has 0 spiro atoms. The molecule has 2 amide bonds. The Morgan fingerprint density at radius 2 is 1.90 bits per heavy atom. The molecule has 10 nitrogen and oxygen atoms in total. The van der Waals surface area contributed by atoms with E-state index in [2.05, 4.69) is 15.0 Å². The third kappa shape index (κ3) is 7.20. The van der Waals surface area contributed by atoms with E-state index >= 15 is 0 Å². The molecule has 4 rings (SSSR count). The van der Waals surface area contributed by atoms with Crippen molar-refractivity contribution < 1.29 is 46.2 Å². The van der Waals surface area contributed by atoms with Crippen molar-refractivity contribution in [3.05, 3.63) is 65.1 Å². The molecule has 15 heteroatoms. The number of alkyl halides is 2. The molecule has 0 saturated heterocycles. The van der Waals surface area contributed by atoms with Crippen molar-refractivity contribution in [1.29, 1.82) is 0 Å². The van der Waals surface area contributed by atoms with Gasteiger partial charge in [-0.2, -0.15) is 8.78 Å². The predicted molar refractivity (Wildman–Crippen MR) is 133 cm³/mol. The lowest BCUT2D eigenvalue weighted by molar-refractivity contribution is -0.131. The van der Waals surface area contributed by atoms with E-state index in [9.17, 15) is 27.2 Å². The minimum Gasteiger partial charge on any atom is -0.489 e. The van der Waals surface area contributed by atoms with E-state index < -0.39 is 47.7 Å². The van der Waals surface area contributed by atoms with Gasteiger partial charge >= 0.3 is 6.61 Å². The molecule has 1 heterocycles. The number of nitrogens with one attached hydrogen (secondary N) is 2. The Bertz CT molecular complexity index is 1370. The summed E-state index contributed by atoms with van der Waals surface area (Å²) in [4.78, 5) is 29.5. The summed E-state index contributed by atoms with van der Waals surface area (Å²) in [7, 11) is 0. The summed E-state index contributed by atoms with van der Waals surface area (Å²) in [5.74, 6) is -4.45. The van der Waals surface area contributed by atoms with Crippen LogP contribution in [-0.4, -0.2) is 35.2 Å². The van der Waals surface area contributed by atoms with Gasteiger partial charge in [0.25, 0.3) is 11.8 Å². The fourth-order valence-electron chi connectivity index (χ4n) is 3.65. The van der Waals surface area contributed by atoms with Crippen LogP contribution in [0.2, 0.25) is 0 Å². The molecule has 3 aromatic rings. The predicted octanol–water partition coefficient (Wildman–Crippen LogP) is 4.43. The van der Waals surface area contributed by atoms with Gasteiger partial charge in [0.05, 0.1) is 12.6 Å². The molecule has 40 heavy (non-hydrogen) atoms. The third-order valence-corrected chi connectivity index (χ3v) is 5.78. The number of hydrogen-bond acceptors (Lipinski definition) is 8. The average Bonchev–Trinajstić information content (AvgIpc) is 3.61. The van der Waals surface area contributed by atoms with E-state index in [1.807, 2.05) is 0 Å². The highest BCUT2D eigenvalue weighted by molar-refractivity contribution is 5.97. The first kappa shape index (κ1) is 30.7. The number of rotatable bonds is 11. The zero-order chi connectivity index (χ0) is 28.3. The van der Waals surface area contributed by atoms with Gasteiger partial charge in [-0.25, -0.2) is 19.2 Å². The van der Waals surface area contributed by atoms with Crippen LogP contribution in [0.4, 0.5) is 17.6 Å². The number of hydrogen-bond donors (Lipinski definition) is 4. The third-order valence-electron chi connectivity index (χ3n) is 5.78. The van der Waals surface area contributed by atoms with Crippen LogP contribution < -0.4 is 26.0 Å². The number of aromatic nitrogens is 1. The van der Waals surface area contributed by atoms with E-state index in [4.69, 9.17) is 20.1 Å². The normalized spacial score (nSPS) is 14.2. The van der Waals surface area contributed by atoms with Gasteiger partial charge < -0.3 is 24.9 Å². The number of oxazole rings is 1. The number of halogens is 5. The van der Waals surface area contributed by atoms with Crippen molar-refractivity contribution in [2.45, 2.75) is 38.5 Å². The molecule has 0 bridgehead atoms. The number of benzene rings is 2. The van der Waals surface area contributed by atoms with Crippen molar-refractivity contribution in [3.63, 3.8) is 0 Å². The number of amides is 2. The van der Waals surface area contributed by atoms with Gasteiger partial charge in [-0.05, 0) is 49.9 Å². The number of hydroxylamine groups is 1. The number of carbonyl (C=O) groups excluding carboxylic acids is 2. The summed E-state index contributed by atoms with van der Waals surface area (Å²) in [6.45, 7) is -1.31. The number of carbonyl (C=O) groups is 2. The molecule has 1 aliphatic rings. The Labute approximate surface area is 231 Å². The van der Waals surface area contributed by atoms with Crippen LogP contribution >= 0.6 is 12.4 Å². The van der Waals surface area contributed by atoms with E-state index in [1.165, 1.54) is 30.6 Å². The largest absolute Gasteiger partial charge is 0.489 e. The lowest BCUT2D eigenvalue weighted by Gasteiger charge is -2.17. The molecule has 0 aliphatic heterocycles. The maximum Gasteiger partial charge on any atom is 0.387 e. The van der Waals surface area contributed by atoms with Gasteiger partial charge in [0.1, 0.15) is 17.7 Å². The van der Waals surface area contributed by atoms with Crippen LogP contribution in [0, 0.1) is 17.6 Å². The Morgan fingerprint density at radius 3 is 2.50 bits per heavy atom. The molecular formula is C25H25ClF4N4O6. The SMILES string of the molecule is C[C@H](N)c1oc(-c2ccc(OC(F)F)c(OCC3CC3)c2)nc1C(=O)N[C@@H](C(=O)NO)c1ccc(F)cc1F.Cl. The number of nitrogens with two attached hydrogens (primary N) is 1. The van der Waals surface area contributed by atoms with Crippen LogP contribution in [-0.2, 0) is 4.79 Å². The van der Waals surface area contributed by atoms with Crippen LogP contribution in [0.5, 0.6) is 11.5 Å². The Kier molecular flexibility index (Phi) is 9.95. The van der Waals surface area contributed by atoms with E-state index in [0.717, 1.165) is 25.0 Å². The molecule has 0 unspecified atom stereocenters. The van der Waals surface area contributed by atoms with Crippen molar-refractivity contribution in [1.82, 2.24) is 15.8 Å². The molecule has 1 fully saturated rings. The quantitative estimate of drug-likeness (QED) is 0.146. The maximum absolute atomic E-state index is 14.4. The second-order valence-electron chi connectivity index (χ2n) is 8.86. The van der Waals surface area contributed by atoms with Crippen LogP contribution in [0.25, 0.3) is 11.5 Å². The van der Waals surface area contributed by atoms with E-state index in [-0.39, 0.29) is 46.8 Å². The summed E-state index contributed by atoms with van der Waals surface area (Å²) >= 11 is 0. The maximum atomic E-state index is 14.4. The van der Waals surface area contributed by atoms with Crippen molar-refractivity contribution in [3.8, 4) is 23.0 Å². The highest BCUT2D eigenvalue weighted by atomic mass is 35.5. The molecule has 216 valence electrons. The minimum absolute atomic E-state index is 0. The molecule has 1 aromatic heterocycles. The van der Waals surface area contributed by atoms with Gasteiger partial charge in [0.15, 0.2) is 23.0 Å². The van der Waals surface area contributed by atoms with Crippen molar-refractivity contribution in [2.75, 3.05) is 6.61 Å². The molecule has 2 atom stereocenters. The molecular weight excluding hydrogens is 564 g/mol. The first-order chi connectivity index (χ1) is 18.6. The van der Waals surface area contributed by atoms with E-state index in [1.54, 1.807) is 0 Å². The van der Waals surface area contributed by atoms with Gasteiger partial charge in [0, 0.05) is 17.2 Å². The summed E-state index contributed by atoms with van der Waals surface area (Å²) in [6.07, 6.45) is 1.91. The Morgan fingerprint density at radius 1 is 1.18 bits per heavy atom. The minimum atomic E-state index is -3.09. The fourth-order valence-corrected chi connectivity index (χ4v) is 3.65. The topological polar surface area (TPSA) is 149 Å². The highest BCUT2D eigenvalue weighted by Crippen LogP contribution is 2.37. The lowest BCUT2D eigenvalue weighted by Crippen LogP contribution is -2.40. The Hall–Kier alpha value is -3.88. The second-order valence-corrected chi connectivity index (χ2v) is 8.86. The molecule has 1 aliphatic carbocycles. The summed E-state index contributed by atoms with van der Waals surface area (Å²) in [5.41, 5.74) is 6.69. The second kappa shape index (κ2) is 13.0. The van der Waals surface area contributed by atoms with Crippen LogP contribution in [0.1, 0.15) is 53.7 Å². The summed E-state index contributed by atoms with van der Waals surface area (Å²) < 4.78 is 69.4. The zero-order valence-corrected chi connectivity index (χ0v) is 21.6. The van der Waals surface area contributed by atoms with Crippen LogP contribution in [0.15, 0.2) is 40.8 Å². The smallest absolute Gasteiger partial charge is 0.387 e. The first-order valence-electron chi connectivity index (χ1n) is 11.8. The highest BCUT2D eigenvalue weighted by Gasteiger charge is 2.31. The summed E-state index contributed by atoms with van der Waals surface area (Å²) in [6, 6.07) is 3.59. The molecule has 0 radical (unpaired) electrons. The lowest BCUT2D eigenvalue weighted by atomic mass is 10.0. The van der Waals surface area contributed by atoms with Gasteiger partial charge in [-0.15, -0.1) is 12.4 Å². The van der Waals surface area contributed by atoms with Gasteiger partial charge in [-0.1, -0.05) is 6.07 Å². The summed E-state index contributed by atoms with van der Waals surface area (Å²) in [5, 5.41) is 11.3. The molecule has 1 saturated carbocycles. The van der Waals surface area contributed by atoms with Gasteiger partial charge in [0.2, 0.25) is 5.89 Å². The van der Waals surface area contributed by atoms with Crippen molar-refractivity contribution >= 4 is 24.2 Å². The standard InChI is InChI=1S/C25H24F4N4O6.ClH/c1-11(30)21-20(22(34)31-19(23(35)33-36)15-6-5-14(26)9-16(15)27)32-24(39-21)13-4-7-17(38-25(28)29)18(8-13)37-10-12-2-3-12;/h4-9,11-12,19,25,36H,2-3,10,30H2,1H3,(H,31,34)(H,33,35);1H/t11-,19+;/m0./s1. The van der Waals surface area contributed by atoms with Crippen LogP contribution in [0.3, 0.4) is 0 Å². The fraction of sp³-hybridized carbons (Fsp3) is 0.320. The number of ether oxygens (including phenoxy) is 2. The molecule has 2 aromatic carbocycles. The average molecular weight is 589 g/mol. The zero-order valence-electron chi connectivity index (χ0n) is 20.8.